The van der Waals surface area contributed by atoms with Crippen LogP contribution in [0.2, 0.25) is 5.02 Å². The predicted octanol–water partition coefficient (Wildman–Crippen LogP) is 2.66. The molecule has 0 heterocycles. The highest BCUT2D eigenvalue weighted by Gasteiger charge is 2.17. The van der Waals surface area contributed by atoms with Crippen molar-refractivity contribution in [2.24, 2.45) is 0 Å². The van der Waals surface area contributed by atoms with Crippen LogP contribution in [0.4, 0.5) is 0 Å². The second-order valence-corrected chi connectivity index (χ2v) is 3.58. The fraction of sp³-hybridized carbons (Fsp3) is 0. The fourth-order valence-electron chi connectivity index (χ4n) is 0.647. The van der Waals surface area contributed by atoms with E-state index >= 15 is 0 Å². The molecular weight excluding hydrogens is 273 g/mol. The van der Waals surface area contributed by atoms with Gasteiger partial charge in [0.15, 0.2) is 0 Å². The molecule has 82 valence electrons. The third-order valence-corrected chi connectivity index (χ3v) is 1.80. The van der Waals surface area contributed by atoms with Gasteiger partial charge < -0.3 is 4.52 Å². The Kier molecular flexibility index (Phi) is 7.66. The molecule has 0 amide bonds. The normalized spacial score (nSPS) is 9.64. The van der Waals surface area contributed by atoms with E-state index in [9.17, 15) is 4.57 Å². The van der Waals surface area contributed by atoms with Gasteiger partial charge in [-0.15, -0.1) is 24.8 Å². The minimum atomic E-state index is -4.50. The summed E-state index contributed by atoms with van der Waals surface area (Å²) in [6, 6.07) is 6.06. The number of benzene rings is 1. The molecule has 4 nitrogen and oxygen atoms in total. The zero-order valence-electron chi connectivity index (χ0n) is 6.66. The summed E-state index contributed by atoms with van der Waals surface area (Å²) in [7, 11) is -4.50. The SMILES string of the molecule is Cl.Cl.O=P(O)(O)Oc1ccccc1Cl. The second-order valence-electron chi connectivity index (χ2n) is 2.01. The second kappa shape index (κ2) is 6.51. The molecule has 0 unspecified atom stereocenters. The summed E-state index contributed by atoms with van der Waals surface area (Å²) in [6.07, 6.45) is 0. The van der Waals surface area contributed by atoms with E-state index in [0.29, 0.717) is 0 Å². The maximum absolute atomic E-state index is 10.4. The van der Waals surface area contributed by atoms with E-state index in [1.54, 1.807) is 12.1 Å². The minimum Gasteiger partial charge on any atom is -0.403 e. The zero-order valence-corrected chi connectivity index (χ0v) is 9.95. The predicted molar refractivity (Wildman–Crippen MR) is 58.6 cm³/mol. The van der Waals surface area contributed by atoms with E-state index in [1.807, 2.05) is 0 Å². The van der Waals surface area contributed by atoms with E-state index in [0.717, 1.165) is 0 Å². The third-order valence-electron chi connectivity index (χ3n) is 1.05. The van der Waals surface area contributed by atoms with Crippen molar-refractivity contribution >= 4 is 44.2 Å². The number of phosphoric ester groups is 1. The lowest BCUT2D eigenvalue weighted by molar-refractivity contribution is 0.283. The summed E-state index contributed by atoms with van der Waals surface area (Å²) in [4.78, 5) is 16.9. The summed E-state index contributed by atoms with van der Waals surface area (Å²) in [5, 5.41) is 0.167. The van der Waals surface area contributed by atoms with Crippen LogP contribution in [0.15, 0.2) is 24.3 Å². The molecular formula is C6H8Cl3O4P. The molecule has 0 aliphatic rings. The van der Waals surface area contributed by atoms with Gasteiger partial charge >= 0.3 is 7.82 Å². The number of halogens is 3. The number of hydrogen-bond donors (Lipinski definition) is 2. The molecule has 0 saturated heterocycles. The van der Waals surface area contributed by atoms with Crippen LogP contribution < -0.4 is 4.52 Å². The molecule has 0 aliphatic carbocycles. The van der Waals surface area contributed by atoms with Crippen LogP contribution >= 0.6 is 44.2 Å². The Balaban J connectivity index is 0. The first-order chi connectivity index (χ1) is 5.49. The summed E-state index contributed by atoms with van der Waals surface area (Å²) < 4.78 is 14.6. The van der Waals surface area contributed by atoms with E-state index in [-0.39, 0.29) is 35.6 Å². The van der Waals surface area contributed by atoms with Gasteiger partial charge in [-0.1, -0.05) is 23.7 Å². The third kappa shape index (κ3) is 5.70. The smallest absolute Gasteiger partial charge is 0.403 e. The van der Waals surface area contributed by atoms with Crippen molar-refractivity contribution in [2.45, 2.75) is 0 Å². The van der Waals surface area contributed by atoms with Gasteiger partial charge in [0.05, 0.1) is 5.02 Å². The van der Waals surface area contributed by atoms with Gasteiger partial charge in [0, 0.05) is 0 Å². The first-order valence-electron chi connectivity index (χ1n) is 2.99. The minimum absolute atomic E-state index is 0. The molecule has 1 aromatic carbocycles. The summed E-state index contributed by atoms with van der Waals surface area (Å²) in [6.45, 7) is 0. The van der Waals surface area contributed by atoms with E-state index < -0.39 is 7.82 Å². The molecule has 0 aliphatic heterocycles. The van der Waals surface area contributed by atoms with Crippen LogP contribution in [0.5, 0.6) is 5.75 Å². The molecule has 0 spiro atoms. The van der Waals surface area contributed by atoms with Crippen molar-refractivity contribution in [3.63, 3.8) is 0 Å². The van der Waals surface area contributed by atoms with Crippen LogP contribution in [0.25, 0.3) is 0 Å². The maximum atomic E-state index is 10.4. The van der Waals surface area contributed by atoms with E-state index in [4.69, 9.17) is 21.4 Å². The number of para-hydroxylation sites is 1. The molecule has 0 aromatic heterocycles. The molecule has 1 aromatic rings. The van der Waals surface area contributed by atoms with Gasteiger partial charge in [0.1, 0.15) is 5.75 Å². The lowest BCUT2D eigenvalue weighted by Crippen LogP contribution is -1.90. The molecule has 0 saturated carbocycles. The van der Waals surface area contributed by atoms with Crippen molar-refractivity contribution in [2.75, 3.05) is 0 Å². The van der Waals surface area contributed by atoms with Crippen LogP contribution in [0, 0.1) is 0 Å². The highest BCUT2D eigenvalue weighted by molar-refractivity contribution is 7.46. The number of phosphoric acid groups is 1. The highest BCUT2D eigenvalue weighted by atomic mass is 35.5. The van der Waals surface area contributed by atoms with Gasteiger partial charge in [0.25, 0.3) is 0 Å². The Morgan fingerprint density at radius 2 is 1.71 bits per heavy atom. The number of rotatable bonds is 2. The first kappa shape index (κ1) is 16.5. The quantitative estimate of drug-likeness (QED) is 0.818. The first-order valence-corrected chi connectivity index (χ1v) is 4.89. The standard InChI is InChI=1S/C6H6ClO4P.2ClH/c7-5-3-1-2-4-6(5)11-12(8,9)10;;/h1-4H,(H2,8,9,10);2*1H. The van der Waals surface area contributed by atoms with Gasteiger partial charge in [-0.05, 0) is 12.1 Å². The molecule has 0 atom stereocenters. The van der Waals surface area contributed by atoms with Gasteiger partial charge in [-0.25, -0.2) is 4.57 Å². The van der Waals surface area contributed by atoms with Crippen LogP contribution in [-0.2, 0) is 4.57 Å². The highest BCUT2D eigenvalue weighted by Crippen LogP contribution is 2.40. The summed E-state index contributed by atoms with van der Waals surface area (Å²) in [5.41, 5.74) is 0. The zero-order chi connectivity index (χ0) is 9.19. The Labute approximate surface area is 98.3 Å². The topological polar surface area (TPSA) is 66.8 Å². The van der Waals surface area contributed by atoms with Gasteiger partial charge in [-0.3, -0.25) is 9.79 Å². The lowest BCUT2D eigenvalue weighted by Gasteiger charge is -2.06. The number of hydrogen-bond acceptors (Lipinski definition) is 2. The van der Waals surface area contributed by atoms with Crippen LogP contribution in [0.3, 0.4) is 0 Å². The van der Waals surface area contributed by atoms with E-state index in [1.165, 1.54) is 12.1 Å². The largest absolute Gasteiger partial charge is 0.524 e. The van der Waals surface area contributed by atoms with Crippen molar-refractivity contribution in [3.8, 4) is 5.75 Å². The molecule has 8 heteroatoms. The summed E-state index contributed by atoms with van der Waals surface area (Å²) >= 11 is 5.56. The van der Waals surface area contributed by atoms with Crippen molar-refractivity contribution in [3.05, 3.63) is 29.3 Å². The molecule has 0 fully saturated rings. The molecule has 1 rings (SSSR count). The Hall–Kier alpha value is 0.0400. The molecule has 14 heavy (non-hydrogen) atoms. The van der Waals surface area contributed by atoms with Crippen LogP contribution in [0.1, 0.15) is 0 Å². The Morgan fingerprint density at radius 1 is 1.21 bits per heavy atom. The lowest BCUT2D eigenvalue weighted by atomic mass is 10.3. The fourth-order valence-corrected chi connectivity index (χ4v) is 1.29. The van der Waals surface area contributed by atoms with Gasteiger partial charge in [0.2, 0.25) is 0 Å². The van der Waals surface area contributed by atoms with Crippen molar-refractivity contribution in [1.82, 2.24) is 0 Å². The summed E-state index contributed by atoms with van der Waals surface area (Å²) in [5.74, 6) is -0.0208. The Bertz CT molecular complexity index is 327. The van der Waals surface area contributed by atoms with Crippen LogP contribution in [-0.4, -0.2) is 9.79 Å². The average molecular weight is 281 g/mol. The molecule has 2 N–H and O–H groups in total. The molecule has 0 radical (unpaired) electrons. The monoisotopic (exact) mass is 280 g/mol. The van der Waals surface area contributed by atoms with Crippen molar-refractivity contribution in [1.29, 1.82) is 0 Å². The van der Waals surface area contributed by atoms with Gasteiger partial charge in [-0.2, -0.15) is 0 Å². The van der Waals surface area contributed by atoms with E-state index in [2.05, 4.69) is 4.52 Å². The van der Waals surface area contributed by atoms with Crippen molar-refractivity contribution < 1.29 is 18.9 Å². The Morgan fingerprint density at radius 3 is 2.14 bits per heavy atom. The maximum Gasteiger partial charge on any atom is 0.524 e. The average Bonchev–Trinajstić information content (AvgIpc) is 1.91. The molecule has 0 bridgehead atoms.